The van der Waals surface area contributed by atoms with E-state index in [0.29, 0.717) is 18.8 Å². The monoisotopic (exact) mass is 308 g/mol. The summed E-state index contributed by atoms with van der Waals surface area (Å²) in [6.45, 7) is 3.10. The van der Waals surface area contributed by atoms with Crippen LogP contribution >= 0.6 is 0 Å². The highest BCUT2D eigenvalue weighted by Gasteiger charge is 2.25. The fourth-order valence-electron chi connectivity index (χ4n) is 2.94. The van der Waals surface area contributed by atoms with Crippen LogP contribution in [0.15, 0.2) is 48.5 Å². The fraction of sp³-hybridized carbons (Fsp3) is 0.263. The third-order valence-electron chi connectivity index (χ3n) is 4.26. The van der Waals surface area contributed by atoms with Crippen molar-refractivity contribution in [2.75, 3.05) is 11.9 Å². The lowest BCUT2D eigenvalue weighted by Gasteiger charge is -2.28. The van der Waals surface area contributed by atoms with Gasteiger partial charge in [0, 0.05) is 18.8 Å². The molecule has 0 unspecified atom stereocenters. The van der Waals surface area contributed by atoms with Gasteiger partial charge in [0.2, 0.25) is 0 Å². The number of anilines is 1. The van der Waals surface area contributed by atoms with Gasteiger partial charge in [0.1, 0.15) is 0 Å². The van der Waals surface area contributed by atoms with Gasteiger partial charge < -0.3 is 10.2 Å². The van der Waals surface area contributed by atoms with Crippen molar-refractivity contribution in [2.45, 2.75) is 26.3 Å². The average Bonchev–Trinajstić information content (AvgIpc) is 2.61. The van der Waals surface area contributed by atoms with Crippen molar-refractivity contribution in [3.8, 4) is 0 Å². The van der Waals surface area contributed by atoms with E-state index in [-0.39, 0.29) is 0 Å². The summed E-state index contributed by atoms with van der Waals surface area (Å²) in [5, 5.41) is 2.75. The minimum Gasteiger partial charge on any atom is -0.330 e. The number of aryl methyl sites for hydroxylation is 1. The smallest absolute Gasteiger partial charge is 0.313 e. The fourth-order valence-corrected chi connectivity index (χ4v) is 2.94. The lowest BCUT2D eigenvalue weighted by molar-refractivity contribution is -0.143. The van der Waals surface area contributed by atoms with Crippen LogP contribution in [-0.4, -0.2) is 23.3 Å². The van der Waals surface area contributed by atoms with E-state index in [2.05, 4.69) is 11.4 Å². The molecule has 2 aromatic rings. The number of carbonyl (C=O) groups excluding carboxylic acids is 2. The molecule has 23 heavy (non-hydrogen) atoms. The first-order chi connectivity index (χ1) is 11.2. The zero-order valence-electron chi connectivity index (χ0n) is 13.2. The molecule has 1 N–H and O–H groups in total. The van der Waals surface area contributed by atoms with Gasteiger partial charge in [-0.1, -0.05) is 49.4 Å². The third-order valence-corrected chi connectivity index (χ3v) is 4.26. The van der Waals surface area contributed by atoms with Crippen LogP contribution < -0.4 is 5.32 Å². The van der Waals surface area contributed by atoms with Gasteiger partial charge in [-0.25, -0.2) is 0 Å². The molecule has 1 aliphatic heterocycles. The van der Waals surface area contributed by atoms with Gasteiger partial charge in [-0.15, -0.1) is 0 Å². The van der Waals surface area contributed by atoms with E-state index in [4.69, 9.17) is 0 Å². The zero-order chi connectivity index (χ0) is 16.2. The molecular weight excluding hydrogens is 288 g/mol. The molecule has 0 bridgehead atoms. The molecule has 1 heterocycles. The highest BCUT2D eigenvalue weighted by Crippen LogP contribution is 2.19. The van der Waals surface area contributed by atoms with Crippen LogP contribution in [-0.2, 0) is 29.0 Å². The number of nitrogens with one attached hydrogen (secondary N) is 1. The van der Waals surface area contributed by atoms with E-state index in [1.54, 1.807) is 4.90 Å². The quantitative estimate of drug-likeness (QED) is 0.867. The van der Waals surface area contributed by atoms with Gasteiger partial charge in [-0.05, 0) is 35.6 Å². The maximum absolute atomic E-state index is 12.4. The molecule has 0 aliphatic carbocycles. The molecule has 4 nitrogen and oxygen atoms in total. The number of hydrogen-bond donors (Lipinski definition) is 1. The number of fused-ring (bicyclic) bond motifs is 1. The summed E-state index contributed by atoms with van der Waals surface area (Å²) in [5.74, 6) is -1.03. The predicted octanol–water partition coefficient (Wildman–Crippen LogP) is 2.77. The summed E-state index contributed by atoms with van der Waals surface area (Å²) in [6, 6.07) is 15.6. The van der Waals surface area contributed by atoms with Crippen molar-refractivity contribution in [1.82, 2.24) is 4.90 Å². The summed E-state index contributed by atoms with van der Waals surface area (Å²) in [5.41, 5.74) is 4.12. The Kier molecular flexibility index (Phi) is 4.42. The average molecular weight is 308 g/mol. The molecule has 3 rings (SSSR count). The van der Waals surface area contributed by atoms with Gasteiger partial charge in [-0.3, -0.25) is 9.59 Å². The van der Waals surface area contributed by atoms with E-state index in [1.165, 1.54) is 5.56 Å². The molecule has 4 heteroatoms. The van der Waals surface area contributed by atoms with Gasteiger partial charge >= 0.3 is 11.8 Å². The lowest BCUT2D eigenvalue weighted by Crippen LogP contribution is -2.42. The topological polar surface area (TPSA) is 49.4 Å². The number of benzene rings is 2. The molecule has 1 aliphatic rings. The Morgan fingerprint density at radius 2 is 1.74 bits per heavy atom. The van der Waals surface area contributed by atoms with E-state index in [0.717, 1.165) is 24.0 Å². The molecule has 0 aromatic heterocycles. The number of amides is 2. The summed E-state index contributed by atoms with van der Waals surface area (Å²) in [7, 11) is 0. The summed E-state index contributed by atoms with van der Waals surface area (Å²) < 4.78 is 0. The zero-order valence-corrected chi connectivity index (χ0v) is 13.2. The molecule has 0 saturated carbocycles. The maximum atomic E-state index is 12.4. The number of hydrogen-bond acceptors (Lipinski definition) is 2. The number of rotatable bonds is 2. The highest BCUT2D eigenvalue weighted by atomic mass is 16.2. The van der Waals surface area contributed by atoms with Crippen molar-refractivity contribution >= 4 is 17.5 Å². The second-order valence-electron chi connectivity index (χ2n) is 5.71. The van der Waals surface area contributed by atoms with Crippen LogP contribution in [0.2, 0.25) is 0 Å². The van der Waals surface area contributed by atoms with Gasteiger partial charge in [-0.2, -0.15) is 0 Å². The lowest BCUT2D eigenvalue weighted by atomic mass is 10.00. The van der Waals surface area contributed by atoms with Gasteiger partial charge in [0.25, 0.3) is 0 Å². The minimum atomic E-state index is -0.565. The maximum Gasteiger partial charge on any atom is 0.313 e. The van der Waals surface area contributed by atoms with Crippen LogP contribution in [0.4, 0.5) is 5.69 Å². The second kappa shape index (κ2) is 6.65. The Labute approximate surface area is 136 Å². The second-order valence-corrected chi connectivity index (χ2v) is 5.71. The highest BCUT2D eigenvalue weighted by molar-refractivity contribution is 6.39. The van der Waals surface area contributed by atoms with Crippen molar-refractivity contribution in [2.24, 2.45) is 0 Å². The molecule has 0 fully saturated rings. The molecule has 0 saturated heterocycles. The van der Waals surface area contributed by atoms with Crippen LogP contribution in [0.5, 0.6) is 0 Å². The molecular formula is C19H20N2O2. The van der Waals surface area contributed by atoms with Crippen LogP contribution in [0, 0.1) is 0 Å². The van der Waals surface area contributed by atoms with Crippen molar-refractivity contribution in [3.63, 3.8) is 0 Å². The molecule has 118 valence electrons. The Balaban J connectivity index is 1.70. The Morgan fingerprint density at radius 3 is 2.52 bits per heavy atom. The van der Waals surface area contributed by atoms with Gasteiger partial charge in [0.15, 0.2) is 0 Å². The summed E-state index contributed by atoms with van der Waals surface area (Å²) >= 11 is 0. The van der Waals surface area contributed by atoms with E-state index in [9.17, 15) is 9.59 Å². The number of carbonyl (C=O) groups is 2. The Bertz CT molecular complexity index is 740. The van der Waals surface area contributed by atoms with Crippen LogP contribution in [0.1, 0.15) is 23.6 Å². The first-order valence-corrected chi connectivity index (χ1v) is 7.94. The first-order valence-electron chi connectivity index (χ1n) is 7.94. The molecule has 2 aromatic carbocycles. The molecule has 2 amide bonds. The number of nitrogens with zero attached hydrogens (tertiary/aromatic N) is 1. The van der Waals surface area contributed by atoms with Crippen molar-refractivity contribution in [3.05, 3.63) is 65.2 Å². The molecule has 0 atom stereocenters. The Hall–Kier alpha value is -2.62. The first kappa shape index (κ1) is 15.3. The number of para-hydroxylation sites is 1. The van der Waals surface area contributed by atoms with Gasteiger partial charge in [0.05, 0.1) is 0 Å². The van der Waals surface area contributed by atoms with Crippen LogP contribution in [0.25, 0.3) is 0 Å². The summed E-state index contributed by atoms with van der Waals surface area (Å²) in [6.07, 6.45) is 1.60. The molecule has 0 radical (unpaired) electrons. The van der Waals surface area contributed by atoms with E-state index >= 15 is 0 Å². The summed E-state index contributed by atoms with van der Waals surface area (Å²) in [4.78, 5) is 26.3. The normalized spacial score (nSPS) is 13.3. The van der Waals surface area contributed by atoms with Crippen molar-refractivity contribution < 1.29 is 9.59 Å². The van der Waals surface area contributed by atoms with E-state index < -0.39 is 11.8 Å². The van der Waals surface area contributed by atoms with Crippen LogP contribution in [0.3, 0.4) is 0 Å². The minimum absolute atomic E-state index is 0.467. The Morgan fingerprint density at radius 1 is 1.04 bits per heavy atom. The van der Waals surface area contributed by atoms with Crippen molar-refractivity contribution in [1.29, 1.82) is 0 Å². The van der Waals surface area contributed by atoms with E-state index in [1.807, 2.05) is 49.4 Å². The third kappa shape index (κ3) is 3.26. The SMILES string of the molecule is CCc1ccccc1NC(=O)C(=O)N1CCc2ccccc2C1. The largest absolute Gasteiger partial charge is 0.330 e. The molecule has 0 spiro atoms. The predicted molar refractivity (Wildman–Crippen MR) is 90.0 cm³/mol. The standard InChI is InChI=1S/C19H20N2O2/c1-2-14-7-5-6-10-17(14)20-18(22)19(23)21-12-11-15-8-3-4-9-16(15)13-21/h3-10H,2,11-13H2,1H3,(H,20,22).